The van der Waals surface area contributed by atoms with Gasteiger partial charge in [-0.15, -0.1) is 0 Å². The van der Waals surface area contributed by atoms with E-state index in [1.165, 1.54) is 12.1 Å². The van der Waals surface area contributed by atoms with E-state index in [-0.39, 0.29) is 5.82 Å². The van der Waals surface area contributed by atoms with Crippen LogP contribution in [-0.4, -0.2) is 58.3 Å². The fourth-order valence-corrected chi connectivity index (χ4v) is 1.92. The van der Waals surface area contributed by atoms with Gasteiger partial charge in [-0.2, -0.15) is 0 Å². The van der Waals surface area contributed by atoms with Crippen LogP contribution in [0.1, 0.15) is 12.0 Å². The fraction of sp³-hybridized carbons (Fsp3) is 0.562. The van der Waals surface area contributed by atoms with Crippen molar-refractivity contribution in [1.82, 2.24) is 15.5 Å². The third-order valence-corrected chi connectivity index (χ3v) is 3.28. The molecule has 0 amide bonds. The van der Waals surface area contributed by atoms with Gasteiger partial charge in [-0.05, 0) is 37.7 Å². The lowest BCUT2D eigenvalue weighted by molar-refractivity contribution is 0.161. The molecule has 0 spiro atoms. The number of guanidine groups is 1. The lowest BCUT2D eigenvalue weighted by Gasteiger charge is -2.17. The highest BCUT2D eigenvalue weighted by atomic mass is 19.1. The topological polar surface area (TPSA) is 48.9 Å². The Balaban J connectivity index is 2.18. The third kappa shape index (κ3) is 7.95. The number of rotatable bonds is 9. The van der Waals surface area contributed by atoms with Gasteiger partial charge in [-0.1, -0.05) is 12.1 Å². The number of nitrogens with zero attached hydrogens (tertiary/aromatic N) is 2. The smallest absolute Gasteiger partial charge is 0.191 e. The predicted molar refractivity (Wildman–Crippen MR) is 88.6 cm³/mol. The number of ether oxygens (including phenoxy) is 1. The van der Waals surface area contributed by atoms with Gasteiger partial charge in [-0.25, -0.2) is 4.39 Å². The van der Waals surface area contributed by atoms with Crippen molar-refractivity contribution in [3.05, 3.63) is 35.6 Å². The molecule has 1 rings (SSSR count). The maximum Gasteiger partial charge on any atom is 0.191 e. The molecule has 0 fully saturated rings. The van der Waals surface area contributed by atoms with Gasteiger partial charge in [0.2, 0.25) is 0 Å². The third-order valence-electron chi connectivity index (χ3n) is 3.28. The number of nitrogens with one attached hydrogen (secondary N) is 2. The SMILES string of the molecule is CN=C(NCCCN(C)CCOC)NCc1ccc(F)cc1. The molecule has 0 saturated heterocycles. The molecule has 0 aliphatic heterocycles. The van der Waals surface area contributed by atoms with Crippen molar-refractivity contribution >= 4 is 5.96 Å². The molecular weight excluding hydrogens is 283 g/mol. The largest absolute Gasteiger partial charge is 0.383 e. The van der Waals surface area contributed by atoms with Gasteiger partial charge in [0.25, 0.3) is 0 Å². The first-order valence-corrected chi connectivity index (χ1v) is 7.52. The van der Waals surface area contributed by atoms with Gasteiger partial charge in [0.1, 0.15) is 5.82 Å². The van der Waals surface area contributed by atoms with E-state index in [1.54, 1.807) is 26.3 Å². The zero-order valence-electron chi connectivity index (χ0n) is 13.7. The quantitative estimate of drug-likeness (QED) is 0.412. The van der Waals surface area contributed by atoms with Crippen LogP contribution in [0.3, 0.4) is 0 Å². The van der Waals surface area contributed by atoms with Crippen LogP contribution in [0.25, 0.3) is 0 Å². The summed E-state index contributed by atoms with van der Waals surface area (Å²) in [5, 5.41) is 6.48. The molecule has 0 heterocycles. The monoisotopic (exact) mass is 310 g/mol. The Bertz CT molecular complexity index is 436. The van der Waals surface area contributed by atoms with Gasteiger partial charge in [0, 0.05) is 33.8 Å². The lowest BCUT2D eigenvalue weighted by Crippen LogP contribution is -2.38. The molecular formula is C16H27FN4O. The van der Waals surface area contributed by atoms with Crippen molar-refractivity contribution in [1.29, 1.82) is 0 Å². The van der Waals surface area contributed by atoms with Gasteiger partial charge in [0.05, 0.1) is 6.61 Å². The molecule has 0 saturated carbocycles. The summed E-state index contributed by atoms with van der Waals surface area (Å²) in [5.74, 6) is 0.535. The first-order chi connectivity index (χ1) is 10.7. The maximum absolute atomic E-state index is 12.8. The molecule has 0 radical (unpaired) electrons. The predicted octanol–water partition coefficient (Wildman–Crippen LogP) is 1.46. The van der Waals surface area contributed by atoms with E-state index in [0.717, 1.165) is 44.2 Å². The van der Waals surface area contributed by atoms with Gasteiger partial charge >= 0.3 is 0 Å². The number of hydrogen-bond acceptors (Lipinski definition) is 3. The molecule has 124 valence electrons. The van der Waals surface area contributed by atoms with Crippen molar-refractivity contribution in [2.75, 3.05) is 47.4 Å². The van der Waals surface area contributed by atoms with Crippen LogP contribution in [-0.2, 0) is 11.3 Å². The Kier molecular flexibility index (Phi) is 9.18. The molecule has 1 aromatic rings. The maximum atomic E-state index is 12.8. The highest BCUT2D eigenvalue weighted by Gasteiger charge is 2.00. The number of halogens is 1. The fourth-order valence-electron chi connectivity index (χ4n) is 1.92. The molecule has 0 aromatic heterocycles. The summed E-state index contributed by atoms with van der Waals surface area (Å²) in [6, 6.07) is 6.45. The summed E-state index contributed by atoms with van der Waals surface area (Å²) in [5.41, 5.74) is 1.02. The summed E-state index contributed by atoms with van der Waals surface area (Å²) in [6.45, 7) is 4.16. The van der Waals surface area contributed by atoms with Crippen LogP contribution in [0.4, 0.5) is 4.39 Å². The van der Waals surface area contributed by atoms with Crippen molar-refractivity contribution in [2.24, 2.45) is 4.99 Å². The summed E-state index contributed by atoms with van der Waals surface area (Å²) < 4.78 is 17.9. The normalized spacial score (nSPS) is 11.8. The second-order valence-corrected chi connectivity index (χ2v) is 5.13. The van der Waals surface area contributed by atoms with Crippen LogP contribution in [0, 0.1) is 5.82 Å². The summed E-state index contributed by atoms with van der Waals surface area (Å²) in [6.07, 6.45) is 1.03. The van der Waals surface area contributed by atoms with E-state index in [4.69, 9.17) is 4.74 Å². The van der Waals surface area contributed by atoms with Crippen LogP contribution in [0.15, 0.2) is 29.3 Å². The average Bonchev–Trinajstić information content (AvgIpc) is 2.53. The number of aliphatic imine (C=N–C) groups is 1. The molecule has 1 aromatic carbocycles. The number of hydrogen-bond donors (Lipinski definition) is 2. The lowest BCUT2D eigenvalue weighted by atomic mass is 10.2. The van der Waals surface area contributed by atoms with Crippen molar-refractivity contribution in [3.63, 3.8) is 0 Å². The Morgan fingerprint density at radius 2 is 1.95 bits per heavy atom. The molecule has 0 unspecified atom stereocenters. The zero-order valence-corrected chi connectivity index (χ0v) is 13.7. The minimum absolute atomic E-state index is 0.219. The molecule has 0 aliphatic carbocycles. The molecule has 0 atom stereocenters. The Hall–Kier alpha value is -1.66. The zero-order chi connectivity index (χ0) is 16.2. The molecule has 2 N–H and O–H groups in total. The van der Waals surface area contributed by atoms with Crippen molar-refractivity contribution in [2.45, 2.75) is 13.0 Å². The van der Waals surface area contributed by atoms with E-state index in [9.17, 15) is 4.39 Å². The second-order valence-electron chi connectivity index (χ2n) is 5.13. The first-order valence-electron chi connectivity index (χ1n) is 7.52. The molecule has 0 bridgehead atoms. The Morgan fingerprint density at radius 1 is 1.23 bits per heavy atom. The highest BCUT2D eigenvalue weighted by molar-refractivity contribution is 5.79. The van der Waals surface area contributed by atoms with Crippen LogP contribution in [0.5, 0.6) is 0 Å². The number of benzene rings is 1. The van der Waals surface area contributed by atoms with E-state index in [0.29, 0.717) is 6.54 Å². The summed E-state index contributed by atoms with van der Waals surface area (Å²) in [4.78, 5) is 6.41. The Morgan fingerprint density at radius 3 is 2.59 bits per heavy atom. The summed E-state index contributed by atoms with van der Waals surface area (Å²) in [7, 11) is 5.54. The molecule has 22 heavy (non-hydrogen) atoms. The van der Waals surface area contributed by atoms with Crippen molar-refractivity contribution < 1.29 is 9.13 Å². The minimum atomic E-state index is -0.219. The molecule has 0 aliphatic rings. The minimum Gasteiger partial charge on any atom is -0.383 e. The summed E-state index contributed by atoms with van der Waals surface area (Å²) >= 11 is 0. The van der Waals surface area contributed by atoms with Gasteiger partial charge in [0.15, 0.2) is 5.96 Å². The standard InChI is InChI=1S/C16H27FN4O/c1-18-16(19-9-4-10-21(2)11-12-22-3)20-13-14-5-7-15(17)8-6-14/h5-8H,4,9-13H2,1-3H3,(H2,18,19,20). The van der Waals surface area contributed by atoms with Gasteiger partial charge < -0.3 is 20.3 Å². The average molecular weight is 310 g/mol. The van der Waals surface area contributed by atoms with Gasteiger partial charge in [-0.3, -0.25) is 4.99 Å². The first kappa shape index (κ1) is 18.4. The van der Waals surface area contributed by atoms with E-state index in [2.05, 4.69) is 27.6 Å². The highest BCUT2D eigenvalue weighted by Crippen LogP contribution is 2.01. The second kappa shape index (κ2) is 11.0. The number of likely N-dealkylation sites (N-methyl/N-ethyl adjacent to an activating group) is 1. The van der Waals surface area contributed by atoms with Crippen LogP contribution < -0.4 is 10.6 Å². The van der Waals surface area contributed by atoms with Crippen LogP contribution in [0.2, 0.25) is 0 Å². The van der Waals surface area contributed by atoms with Crippen LogP contribution >= 0.6 is 0 Å². The van der Waals surface area contributed by atoms with E-state index < -0.39 is 0 Å². The van der Waals surface area contributed by atoms with Crippen molar-refractivity contribution in [3.8, 4) is 0 Å². The molecule has 5 nitrogen and oxygen atoms in total. The Labute approximate surface area is 132 Å². The molecule has 6 heteroatoms. The van der Waals surface area contributed by atoms with E-state index in [1.807, 2.05) is 0 Å². The number of methoxy groups -OCH3 is 1. The van der Waals surface area contributed by atoms with E-state index >= 15 is 0 Å².